The van der Waals surface area contributed by atoms with Crippen LogP contribution < -0.4 is 0 Å². The summed E-state index contributed by atoms with van der Waals surface area (Å²) in [6.07, 6.45) is 4.11. The molecular formula is C13H18N2O2. The topological polar surface area (TPSA) is 53.4 Å². The molecule has 2 rings (SSSR count). The van der Waals surface area contributed by atoms with Gasteiger partial charge < -0.3 is 5.11 Å². The van der Waals surface area contributed by atoms with Crippen molar-refractivity contribution in [3.63, 3.8) is 0 Å². The van der Waals surface area contributed by atoms with Crippen molar-refractivity contribution in [1.82, 2.24) is 9.88 Å². The Kier molecular flexibility index (Phi) is 3.74. The van der Waals surface area contributed by atoms with Gasteiger partial charge in [0.25, 0.3) is 0 Å². The second-order valence-electron chi connectivity index (χ2n) is 4.63. The van der Waals surface area contributed by atoms with Crippen LogP contribution in [0.3, 0.4) is 0 Å². The van der Waals surface area contributed by atoms with Gasteiger partial charge in [0.05, 0.1) is 12.1 Å². The molecule has 1 fully saturated rings. The Morgan fingerprint density at radius 1 is 1.65 bits per heavy atom. The molecule has 1 unspecified atom stereocenters. The Bertz CT molecular complexity index is 406. The molecule has 1 aliphatic heterocycles. The van der Waals surface area contributed by atoms with Gasteiger partial charge in [0.1, 0.15) is 0 Å². The Hall–Kier alpha value is -1.42. The number of rotatable bonds is 4. The summed E-state index contributed by atoms with van der Waals surface area (Å²) >= 11 is 0. The molecule has 0 aliphatic carbocycles. The number of carboxylic acid groups (broad SMARTS) is 1. The summed E-state index contributed by atoms with van der Waals surface area (Å²) in [6.45, 7) is 3.79. The predicted molar refractivity (Wildman–Crippen MR) is 64.7 cm³/mol. The minimum Gasteiger partial charge on any atom is -0.481 e. The van der Waals surface area contributed by atoms with Crippen LogP contribution in [0.1, 0.15) is 30.5 Å². The van der Waals surface area contributed by atoms with E-state index in [1.54, 1.807) is 6.20 Å². The van der Waals surface area contributed by atoms with Gasteiger partial charge in [-0.25, -0.2) is 0 Å². The average Bonchev–Trinajstić information content (AvgIpc) is 2.68. The van der Waals surface area contributed by atoms with Gasteiger partial charge in [0.15, 0.2) is 0 Å². The third-order valence-electron chi connectivity index (χ3n) is 3.38. The molecule has 1 N–H and O–H groups in total. The van der Waals surface area contributed by atoms with Crippen molar-refractivity contribution in [2.45, 2.75) is 38.8 Å². The van der Waals surface area contributed by atoms with Gasteiger partial charge in [-0.2, -0.15) is 0 Å². The molecule has 1 aromatic rings. The zero-order valence-electron chi connectivity index (χ0n) is 10.1. The van der Waals surface area contributed by atoms with Gasteiger partial charge >= 0.3 is 5.97 Å². The first kappa shape index (κ1) is 12.0. The van der Waals surface area contributed by atoms with Crippen molar-refractivity contribution in [2.24, 2.45) is 0 Å². The number of carbonyl (C=O) groups is 1. The van der Waals surface area contributed by atoms with Gasteiger partial charge in [-0.1, -0.05) is 6.07 Å². The number of aromatic nitrogens is 1. The van der Waals surface area contributed by atoms with E-state index >= 15 is 0 Å². The Morgan fingerprint density at radius 3 is 3.18 bits per heavy atom. The molecule has 4 heteroatoms. The second-order valence-corrected chi connectivity index (χ2v) is 4.63. The fourth-order valence-electron chi connectivity index (χ4n) is 2.41. The van der Waals surface area contributed by atoms with Crippen LogP contribution in [0.15, 0.2) is 18.3 Å². The van der Waals surface area contributed by atoms with Crippen LogP contribution >= 0.6 is 0 Å². The first-order valence-electron chi connectivity index (χ1n) is 6.03. The third kappa shape index (κ3) is 3.03. The molecule has 0 saturated carbocycles. The number of hydrogen-bond donors (Lipinski definition) is 1. The van der Waals surface area contributed by atoms with Crippen molar-refractivity contribution < 1.29 is 9.90 Å². The summed E-state index contributed by atoms with van der Waals surface area (Å²) < 4.78 is 0. The Balaban J connectivity index is 2.03. The molecule has 1 atom stereocenters. The normalized spacial score (nSPS) is 20.6. The smallest absolute Gasteiger partial charge is 0.304 e. The first-order valence-corrected chi connectivity index (χ1v) is 6.03. The molecule has 0 aromatic carbocycles. The zero-order chi connectivity index (χ0) is 12.3. The van der Waals surface area contributed by atoms with E-state index in [2.05, 4.69) is 9.88 Å². The highest BCUT2D eigenvalue weighted by Crippen LogP contribution is 2.22. The number of aryl methyl sites for hydroxylation is 1. The molecule has 1 aromatic heterocycles. The lowest BCUT2D eigenvalue weighted by molar-refractivity contribution is -0.138. The first-order chi connectivity index (χ1) is 8.16. The van der Waals surface area contributed by atoms with E-state index in [1.807, 2.05) is 19.1 Å². The van der Waals surface area contributed by atoms with Crippen LogP contribution in [-0.4, -0.2) is 33.5 Å². The monoisotopic (exact) mass is 234 g/mol. The van der Waals surface area contributed by atoms with Crippen LogP contribution in [0.4, 0.5) is 0 Å². The van der Waals surface area contributed by atoms with Gasteiger partial charge in [0.2, 0.25) is 0 Å². The van der Waals surface area contributed by atoms with Crippen LogP contribution in [0, 0.1) is 6.92 Å². The number of pyridine rings is 1. The second kappa shape index (κ2) is 5.27. The fourth-order valence-corrected chi connectivity index (χ4v) is 2.41. The van der Waals surface area contributed by atoms with Crippen LogP contribution in [0.25, 0.3) is 0 Å². The standard InChI is InChI=1S/C13H18N2O2/c1-10-4-2-6-14-12(10)9-15-7-3-5-11(15)8-13(16)17/h2,4,6,11H,3,5,7-9H2,1H3,(H,16,17). The largest absolute Gasteiger partial charge is 0.481 e. The number of likely N-dealkylation sites (tertiary alicyclic amines) is 1. The molecule has 92 valence electrons. The van der Waals surface area contributed by atoms with Gasteiger partial charge in [-0.05, 0) is 37.9 Å². The summed E-state index contributed by atoms with van der Waals surface area (Å²) in [5.74, 6) is -0.709. The highest BCUT2D eigenvalue weighted by Gasteiger charge is 2.26. The van der Waals surface area contributed by atoms with E-state index < -0.39 is 5.97 Å². The molecule has 4 nitrogen and oxygen atoms in total. The number of aliphatic carboxylic acids is 1. The summed E-state index contributed by atoms with van der Waals surface area (Å²) in [7, 11) is 0. The van der Waals surface area contributed by atoms with E-state index in [4.69, 9.17) is 5.11 Å². The van der Waals surface area contributed by atoms with E-state index in [1.165, 1.54) is 5.56 Å². The zero-order valence-corrected chi connectivity index (χ0v) is 10.1. The Morgan fingerprint density at radius 2 is 2.47 bits per heavy atom. The van der Waals surface area contributed by atoms with Crippen molar-refractivity contribution in [2.75, 3.05) is 6.54 Å². The Labute approximate surface area is 101 Å². The minimum atomic E-state index is -0.709. The summed E-state index contributed by atoms with van der Waals surface area (Å²) in [5, 5.41) is 8.87. The van der Waals surface area contributed by atoms with Crippen LogP contribution in [0.5, 0.6) is 0 Å². The number of carboxylic acids is 1. The van der Waals surface area contributed by atoms with Crippen molar-refractivity contribution in [1.29, 1.82) is 0 Å². The van der Waals surface area contributed by atoms with Crippen molar-refractivity contribution >= 4 is 5.97 Å². The molecule has 2 heterocycles. The van der Waals surface area contributed by atoms with E-state index in [-0.39, 0.29) is 12.5 Å². The van der Waals surface area contributed by atoms with Crippen molar-refractivity contribution in [3.05, 3.63) is 29.6 Å². The maximum atomic E-state index is 10.8. The maximum absolute atomic E-state index is 10.8. The van der Waals surface area contributed by atoms with Gasteiger partial charge in [-0.3, -0.25) is 14.7 Å². The molecular weight excluding hydrogens is 216 g/mol. The highest BCUT2D eigenvalue weighted by atomic mass is 16.4. The lowest BCUT2D eigenvalue weighted by Gasteiger charge is -2.23. The lowest BCUT2D eigenvalue weighted by Crippen LogP contribution is -2.31. The predicted octanol–water partition coefficient (Wildman–Crippen LogP) is 1.83. The highest BCUT2D eigenvalue weighted by molar-refractivity contribution is 5.67. The SMILES string of the molecule is Cc1cccnc1CN1CCCC1CC(=O)O. The van der Waals surface area contributed by atoms with Crippen LogP contribution in [0.2, 0.25) is 0 Å². The minimum absolute atomic E-state index is 0.175. The fraction of sp³-hybridized carbons (Fsp3) is 0.538. The third-order valence-corrected chi connectivity index (χ3v) is 3.38. The summed E-state index contributed by atoms with van der Waals surface area (Å²) in [4.78, 5) is 17.4. The van der Waals surface area contributed by atoms with Crippen molar-refractivity contribution in [3.8, 4) is 0 Å². The quantitative estimate of drug-likeness (QED) is 0.863. The number of hydrogen-bond acceptors (Lipinski definition) is 3. The van der Waals surface area contributed by atoms with Crippen LogP contribution in [-0.2, 0) is 11.3 Å². The molecule has 0 radical (unpaired) electrons. The van der Waals surface area contributed by atoms with E-state index in [9.17, 15) is 4.79 Å². The summed E-state index contributed by atoms with van der Waals surface area (Å²) in [6, 6.07) is 4.15. The molecule has 0 spiro atoms. The maximum Gasteiger partial charge on any atom is 0.304 e. The van der Waals surface area contributed by atoms with E-state index in [0.29, 0.717) is 0 Å². The average molecular weight is 234 g/mol. The molecule has 0 bridgehead atoms. The van der Waals surface area contributed by atoms with Gasteiger partial charge in [0, 0.05) is 18.8 Å². The number of nitrogens with zero attached hydrogens (tertiary/aromatic N) is 2. The molecule has 17 heavy (non-hydrogen) atoms. The lowest BCUT2D eigenvalue weighted by atomic mass is 10.1. The van der Waals surface area contributed by atoms with Gasteiger partial charge in [-0.15, -0.1) is 0 Å². The molecule has 1 saturated heterocycles. The molecule has 0 amide bonds. The summed E-state index contributed by atoms with van der Waals surface area (Å²) in [5.41, 5.74) is 2.23. The van der Waals surface area contributed by atoms with E-state index in [0.717, 1.165) is 31.6 Å². The molecule has 1 aliphatic rings.